The van der Waals surface area contributed by atoms with E-state index in [0.29, 0.717) is 47.3 Å². The number of aliphatic hydroxyl groups is 1. The quantitative estimate of drug-likeness (QED) is 0.838. The zero-order valence-electron chi connectivity index (χ0n) is 14.1. The summed E-state index contributed by atoms with van der Waals surface area (Å²) >= 11 is 0. The van der Waals surface area contributed by atoms with Crippen molar-refractivity contribution in [2.75, 3.05) is 27.1 Å². The summed E-state index contributed by atoms with van der Waals surface area (Å²) in [4.78, 5) is 12.6. The Labute approximate surface area is 150 Å². The molecule has 4 rings (SSSR count). The molecule has 0 bridgehead atoms. The van der Waals surface area contributed by atoms with Crippen molar-refractivity contribution in [2.45, 2.75) is 12.2 Å². The number of ether oxygens (including phenoxy) is 5. The van der Waals surface area contributed by atoms with Crippen LogP contribution in [0, 0.1) is 0 Å². The molecule has 1 N–H and O–H groups in total. The van der Waals surface area contributed by atoms with E-state index in [2.05, 4.69) is 0 Å². The van der Waals surface area contributed by atoms with Crippen LogP contribution in [0.5, 0.6) is 23.0 Å². The number of fused-ring (bicyclic) bond motifs is 2. The summed E-state index contributed by atoms with van der Waals surface area (Å²) in [7, 11) is 1.52. The van der Waals surface area contributed by atoms with Gasteiger partial charge in [0.25, 0.3) is 0 Å². The number of carbonyl (C=O) groups excluding carboxylic acids is 1. The van der Waals surface area contributed by atoms with Crippen LogP contribution in [0.4, 0.5) is 0 Å². The molecule has 2 aliphatic rings. The number of rotatable bonds is 4. The van der Waals surface area contributed by atoms with Crippen molar-refractivity contribution in [1.82, 2.24) is 0 Å². The predicted molar refractivity (Wildman–Crippen MR) is 90.1 cm³/mol. The van der Waals surface area contributed by atoms with Crippen LogP contribution in [0.25, 0.3) is 0 Å². The van der Waals surface area contributed by atoms with Crippen molar-refractivity contribution in [3.8, 4) is 23.0 Å². The summed E-state index contributed by atoms with van der Waals surface area (Å²) < 4.78 is 27.3. The van der Waals surface area contributed by atoms with E-state index >= 15 is 0 Å². The van der Waals surface area contributed by atoms with Gasteiger partial charge in [-0.05, 0) is 29.8 Å². The standard InChI is InChI=1S/C19H18O7/c1-22-10-25-12-3-4-13-15(9-12)26-19(18(21)17(13)20)11-2-5-14-16(8-11)24-7-6-23-14/h2-5,8-9,18-19,21H,6-7,10H2,1H3/t18-,19+/m0/s1. The summed E-state index contributed by atoms with van der Waals surface area (Å²) in [5.74, 6) is 1.67. The van der Waals surface area contributed by atoms with Gasteiger partial charge in [-0.3, -0.25) is 4.79 Å². The second-order valence-electron chi connectivity index (χ2n) is 5.96. The summed E-state index contributed by atoms with van der Waals surface area (Å²) in [6, 6.07) is 10.1. The van der Waals surface area contributed by atoms with E-state index in [4.69, 9.17) is 23.7 Å². The molecule has 26 heavy (non-hydrogen) atoms. The third-order valence-electron chi connectivity index (χ3n) is 4.27. The van der Waals surface area contributed by atoms with E-state index in [9.17, 15) is 9.90 Å². The third-order valence-corrected chi connectivity index (χ3v) is 4.27. The van der Waals surface area contributed by atoms with Crippen molar-refractivity contribution in [1.29, 1.82) is 0 Å². The van der Waals surface area contributed by atoms with Crippen molar-refractivity contribution in [3.05, 3.63) is 47.5 Å². The number of aliphatic hydroxyl groups excluding tert-OH is 1. The van der Waals surface area contributed by atoms with Gasteiger partial charge in [-0.2, -0.15) is 0 Å². The Kier molecular flexibility index (Phi) is 4.40. The number of methoxy groups -OCH3 is 1. The molecule has 2 atom stereocenters. The minimum absolute atomic E-state index is 0.0843. The first-order valence-corrected chi connectivity index (χ1v) is 8.21. The van der Waals surface area contributed by atoms with E-state index < -0.39 is 18.0 Å². The molecule has 0 amide bonds. The summed E-state index contributed by atoms with van der Waals surface area (Å²) in [6.07, 6.45) is -2.15. The topological polar surface area (TPSA) is 83.5 Å². The van der Waals surface area contributed by atoms with Gasteiger partial charge in [-0.25, -0.2) is 0 Å². The number of carbonyl (C=O) groups is 1. The second kappa shape index (κ2) is 6.86. The lowest BCUT2D eigenvalue weighted by atomic mass is 9.93. The number of benzene rings is 2. The molecule has 0 spiro atoms. The molecule has 7 heteroatoms. The lowest BCUT2D eigenvalue weighted by molar-refractivity contribution is 0.0208. The maximum Gasteiger partial charge on any atom is 0.199 e. The first kappa shape index (κ1) is 16.7. The number of hydrogen-bond donors (Lipinski definition) is 1. The molecule has 2 aromatic rings. The van der Waals surface area contributed by atoms with E-state index in [1.807, 2.05) is 0 Å². The van der Waals surface area contributed by atoms with E-state index in [1.54, 1.807) is 36.4 Å². The van der Waals surface area contributed by atoms with Gasteiger partial charge in [-0.1, -0.05) is 6.07 Å². The lowest BCUT2D eigenvalue weighted by Crippen LogP contribution is -2.36. The highest BCUT2D eigenvalue weighted by atomic mass is 16.7. The molecule has 7 nitrogen and oxygen atoms in total. The minimum Gasteiger partial charge on any atom is -0.486 e. The Hall–Kier alpha value is -2.77. The van der Waals surface area contributed by atoms with Gasteiger partial charge >= 0.3 is 0 Å². The smallest absolute Gasteiger partial charge is 0.199 e. The summed E-state index contributed by atoms with van der Waals surface area (Å²) in [5, 5.41) is 10.5. The van der Waals surface area contributed by atoms with E-state index in [-0.39, 0.29) is 6.79 Å². The van der Waals surface area contributed by atoms with Gasteiger partial charge < -0.3 is 28.8 Å². The molecule has 0 fully saturated rings. The van der Waals surface area contributed by atoms with Crippen LogP contribution in [0.3, 0.4) is 0 Å². The molecule has 2 aromatic carbocycles. The summed E-state index contributed by atoms with van der Waals surface area (Å²) in [6.45, 7) is 1.03. The van der Waals surface area contributed by atoms with Gasteiger partial charge in [0.1, 0.15) is 24.7 Å². The fourth-order valence-electron chi connectivity index (χ4n) is 3.01. The monoisotopic (exact) mass is 358 g/mol. The average molecular weight is 358 g/mol. The molecule has 2 heterocycles. The molecular weight excluding hydrogens is 340 g/mol. The minimum atomic E-state index is -1.31. The third kappa shape index (κ3) is 2.95. The molecule has 136 valence electrons. The average Bonchev–Trinajstić information content (AvgIpc) is 2.68. The van der Waals surface area contributed by atoms with Crippen LogP contribution in [0.1, 0.15) is 22.0 Å². The molecule has 2 aliphatic heterocycles. The molecule has 0 saturated heterocycles. The van der Waals surface area contributed by atoms with Crippen LogP contribution >= 0.6 is 0 Å². The lowest BCUT2D eigenvalue weighted by Gasteiger charge is -2.30. The summed E-state index contributed by atoms with van der Waals surface area (Å²) in [5.41, 5.74) is 0.944. The molecule has 0 aromatic heterocycles. The Balaban J connectivity index is 1.65. The van der Waals surface area contributed by atoms with Crippen LogP contribution in [-0.4, -0.2) is 44.1 Å². The Morgan fingerprint density at radius 2 is 1.88 bits per heavy atom. The molecule has 0 unspecified atom stereocenters. The highest BCUT2D eigenvalue weighted by Crippen LogP contribution is 2.40. The molecule has 0 radical (unpaired) electrons. The Morgan fingerprint density at radius 3 is 2.69 bits per heavy atom. The largest absolute Gasteiger partial charge is 0.486 e. The van der Waals surface area contributed by atoms with Crippen LogP contribution in [-0.2, 0) is 4.74 Å². The van der Waals surface area contributed by atoms with E-state index in [1.165, 1.54) is 7.11 Å². The zero-order valence-corrected chi connectivity index (χ0v) is 14.1. The van der Waals surface area contributed by atoms with Crippen LogP contribution < -0.4 is 18.9 Å². The van der Waals surface area contributed by atoms with Crippen molar-refractivity contribution >= 4 is 5.78 Å². The van der Waals surface area contributed by atoms with Crippen LogP contribution in [0.2, 0.25) is 0 Å². The second-order valence-corrected chi connectivity index (χ2v) is 5.96. The SMILES string of the molecule is COCOc1ccc2c(c1)O[C@H](c1ccc3c(c1)OCCO3)[C@@H](O)C2=O. The van der Waals surface area contributed by atoms with Crippen LogP contribution in [0.15, 0.2) is 36.4 Å². The molecular formula is C19H18O7. The van der Waals surface area contributed by atoms with Gasteiger partial charge in [0.2, 0.25) is 0 Å². The molecule has 0 aliphatic carbocycles. The van der Waals surface area contributed by atoms with Gasteiger partial charge in [0, 0.05) is 13.2 Å². The Bertz CT molecular complexity index is 833. The van der Waals surface area contributed by atoms with Crippen molar-refractivity contribution < 1.29 is 33.6 Å². The predicted octanol–water partition coefficient (Wildman–Crippen LogP) is 2.12. The number of Topliss-reactive ketones (excluding diaryl/α,β-unsaturated/α-hetero) is 1. The highest BCUT2D eigenvalue weighted by Gasteiger charge is 2.37. The first-order valence-electron chi connectivity index (χ1n) is 8.21. The first-order chi connectivity index (χ1) is 12.7. The zero-order chi connectivity index (χ0) is 18.1. The maximum atomic E-state index is 12.6. The van der Waals surface area contributed by atoms with E-state index in [0.717, 1.165) is 0 Å². The van der Waals surface area contributed by atoms with Gasteiger partial charge in [0.15, 0.2) is 36.3 Å². The fourth-order valence-corrected chi connectivity index (χ4v) is 3.01. The highest BCUT2D eigenvalue weighted by molar-refractivity contribution is 6.03. The maximum absolute atomic E-state index is 12.6. The number of ketones is 1. The van der Waals surface area contributed by atoms with Crippen molar-refractivity contribution in [3.63, 3.8) is 0 Å². The normalized spacial score (nSPS) is 20.9. The Morgan fingerprint density at radius 1 is 1.08 bits per heavy atom. The number of hydrogen-bond acceptors (Lipinski definition) is 7. The van der Waals surface area contributed by atoms with Gasteiger partial charge in [0.05, 0.1) is 5.56 Å². The molecule has 0 saturated carbocycles. The van der Waals surface area contributed by atoms with Crippen molar-refractivity contribution in [2.24, 2.45) is 0 Å². The fraction of sp³-hybridized carbons (Fsp3) is 0.316. The van der Waals surface area contributed by atoms with Gasteiger partial charge in [-0.15, -0.1) is 0 Å².